The van der Waals surface area contributed by atoms with Gasteiger partial charge in [-0.25, -0.2) is 0 Å². The van der Waals surface area contributed by atoms with E-state index in [0.717, 1.165) is 16.7 Å². The van der Waals surface area contributed by atoms with E-state index in [9.17, 15) is 4.79 Å². The molecule has 0 saturated heterocycles. The molecule has 3 aromatic heterocycles. The predicted molar refractivity (Wildman–Crippen MR) is 101 cm³/mol. The van der Waals surface area contributed by atoms with Gasteiger partial charge in [-0.2, -0.15) is 9.78 Å². The van der Waals surface area contributed by atoms with Gasteiger partial charge in [0.25, 0.3) is 5.91 Å². The van der Waals surface area contributed by atoms with Gasteiger partial charge in [-0.15, -0.1) is 5.10 Å². The number of carbonyl (C=O) groups is 1. The third-order valence-electron chi connectivity index (χ3n) is 4.60. The standard InChI is InChI=1S/C19H18N8O/c1-12-5-6-14(8-13(12)2)17(15-4-3-7-20-9-15)23-19(28)16-10-21-24-18(16)27-11-22-25-26-27/h3-11,17H,1-2H3,(H,21,24)(H,23,28). The SMILES string of the molecule is Cc1ccc(C(NC(=O)c2cn[nH]c2-n2cnnn2)c2cccnc2)cc1C. The number of hydrogen-bond donors (Lipinski definition) is 2. The number of rotatable bonds is 5. The predicted octanol–water partition coefficient (Wildman–Crippen LogP) is 1.92. The first-order valence-electron chi connectivity index (χ1n) is 8.68. The molecule has 0 aliphatic carbocycles. The molecule has 9 heteroatoms. The van der Waals surface area contributed by atoms with Gasteiger partial charge in [0.15, 0.2) is 5.82 Å². The van der Waals surface area contributed by atoms with Crippen LogP contribution in [0.15, 0.2) is 55.2 Å². The van der Waals surface area contributed by atoms with E-state index in [1.54, 1.807) is 12.4 Å². The highest BCUT2D eigenvalue weighted by Gasteiger charge is 2.22. The van der Waals surface area contributed by atoms with Crippen molar-refractivity contribution < 1.29 is 4.79 Å². The molecule has 0 fully saturated rings. The fourth-order valence-electron chi connectivity index (χ4n) is 2.94. The zero-order valence-electron chi connectivity index (χ0n) is 15.4. The molecular formula is C19H18N8O. The fraction of sp³-hybridized carbons (Fsp3) is 0.158. The Balaban J connectivity index is 1.70. The lowest BCUT2D eigenvalue weighted by atomic mass is 9.96. The monoisotopic (exact) mass is 374 g/mol. The Morgan fingerprint density at radius 3 is 2.75 bits per heavy atom. The molecule has 4 rings (SSSR count). The summed E-state index contributed by atoms with van der Waals surface area (Å²) in [6.07, 6.45) is 6.30. The van der Waals surface area contributed by atoms with Gasteiger partial charge in [0.1, 0.15) is 11.9 Å². The molecule has 4 aromatic rings. The third kappa shape index (κ3) is 3.37. The summed E-state index contributed by atoms with van der Waals surface area (Å²) in [4.78, 5) is 17.3. The van der Waals surface area contributed by atoms with Crippen LogP contribution in [0.25, 0.3) is 5.82 Å². The Morgan fingerprint density at radius 2 is 2.04 bits per heavy atom. The largest absolute Gasteiger partial charge is 0.341 e. The van der Waals surface area contributed by atoms with E-state index in [2.05, 4.69) is 49.0 Å². The van der Waals surface area contributed by atoms with Crippen LogP contribution in [-0.2, 0) is 0 Å². The maximum absolute atomic E-state index is 13.1. The van der Waals surface area contributed by atoms with Crippen molar-refractivity contribution in [2.24, 2.45) is 0 Å². The molecule has 0 aliphatic heterocycles. The van der Waals surface area contributed by atoms with E-state index < -0.39 is 0 Å². The van der Waals surface area contributed by atoms with Crippen molar-refractivity contribution in [3.8, 4) is 5.82 Å². The van der Waals surface area contributed by atoms with Gasteiger partial charge >= 0.3 is 0 Å². The zero-order valence-corrected chi connectivity index (χ0v) is 15.4. The number of H-pyrrole nitrogens is 1. The minimum Gasteiger partial charge on any atom is -0.341 e. The molecule has 1 atom stereocenters. The molecule has 0 bridgehead atoms. The second-order valence-corrected chi connectivity index (χ2v) is 6.42. The van der Waals surface area contributed by atoms with Crippen molar-refractivity contribution in [1.82, 2.24) is 40.7 Å². The summed E-state index contributed by atoms with van der Waals surface area (Å²) in [6, 6.07) is 9.55. The van der Waals surface area contributed by atoms with Crippen molar-refractivity contribution in [2.45, 2.75) is 19.9 Å². The molecule has 0 radical (unpaired) electrons. The molecule has 0 spiro atoms. The van der Waals surface area contributed by atoms with Gasteiger partial charge in [0, 0.05) is 12.4 Å². The van der Waals surface area contributed by atoms with Crippen LogP contribution in [0.2, 0.25) is 0 Å². The molecule has 140 valence electrons. The molecule has 1 amide bonds. The quantitative estimate of drug-likeness (QED) is 0.552. The average molecular weight is 374 g/mol. The van der Waals surface area contributed by atoms with E-state index in [0.29, 0.717) is 11.4 Å². The summed E-state index contributed by atoms with van der Waals surface area (Å²) in [5.41, 5.74) is 4.53. The highest BCUT2D eigenvalue weighted by atomic mass is 16.1. The highest BCUT2D eigenvalue weighted by molar-refractivity contribution is 5.97. The van der Waals surface area contributed by atoms with Crippen LogP contribution < -0.4 is 5.32 Å². The number of aryl methyl sites for hydroxylation is 2. The van der Waals surface area contributed by atoms with Gasteiger partial charge in [-0.1, -0.05) is 24.3 Å². The molecule has 1 unspecified atom stereocenters. The first-order chi connectivity index (χ1) is 13.6. The van der Waals surface area contributed by atoms with E-state index in [1.807, 2.05) is 31.2 Å². The smallest absolute Gasteiger partial charge is 0.257 e. The second kappa shape index (κ2) is 7.39. The summed E-state index contributed by atoms with van der Waals surface area (Å²) < 4.78 is 1.36. The highest BCUT2D eigenvalue weighted by Crippen LogP contribution is 2.24. The van der Waals surface area contributed by atoms with Gasteiger partial charge in [-0.3, -0.25) is 14.9 Å². The van der Waals surface area contributed by atoms with Gasteiger partial charge < -0.3 is 5.32 Å². The molecule has 3 heterocycles. The van der Waals surface area contributed by atoms with Crippen LogP contribution in [0.4, 0.5) is 0 Å². The fourth-order valence-corrected chi connectivity index (χ4v) is 2.94. The number of benzene rings is 1. The normalized spacial score (nSPS) is 11.9. The third-order valence-corrected chi connectivity index (χ3v) is 4.60. The van der Waals surface area contributed by atoms with Crippen LogP contribution in [0.3, 0.4) is 0 Å². The van der Waals surface area contributed by atoms with Crippen LogP contribution >= 0.6 is 0 Å². The Labute approximate surface area is 160 Å². The molecule has 1 aromatic carbocycles. The van der Waals surface area contributed by atoms with Gasteiger partial charge in [0.2, 0.25) is 0 Å². The summed E-state index contributed by atoms with van der Waals surface area (Å²) >= 11 is 0. The first-order valence-corrected chi connectivity index (χ1v) is 8.68. The van der Waals surface area contributed by atoms with E-state index in [-0.39, 0.29) is 11.9 Å². The molecule has 28 heavy (non-hydrogen) atoms. The van der Waals surface area contributed by atoms with E-state index >= 15 is 0 Å². The Morgan fingerprint density at radius 1 is 1.14 bits per heavy atom. The summed E-state index contributed by atoms with van der Waals surface area (Å²) in [5, 5.41) is 20.8. The minimum atomic E-state index is -0.364. The Kier molecular flexibility index (Phi) is 4.63. The Hall–Kier alpha value is -3.88. The number of pyridine rings is 1. The van der Waals surface area contributed by atoms with Crippen LogP contribution in [-0.4, -0.2) is 41.3 Å². The number of amides is 1. The molecule has 0 saturated carbocycles. The Bertz CT molecular complexity index is 1090. The summed E-state index contributed by atoms with van der Waals surface area (Å²) in [5.74, 6) is 0.0962. The van der Waals surface area contributed by atoms with Crippen molar-refractivity contribution in [1.29, 1.82) is 0 Å². The first kappa shape index (κ1) is 17.5. The van der Waals surface area contributed by atoms with Gasteiger partial charge in [0.05, 0.1) is 12.2 Å². The van der Waals surface area contributed by atoms with Crippen LogP contribution in [0.1, 0.15) is 38.7 Å². The number of carbonyl (C=O) groups excluding carboxylic acids is 1. The molecule has 9 nitrogen and oxygen atoms in total. The number of hydrogen-bond acceptors (Lipinski definition) is 6. The van der Waals surface area contributed by atoms with Crippen molar-refractivity contribution in [3.05, 3.63) is 83.1 Å². The topological polar surface area (TPSA) is 114 Å². The zero-order chi connectivity index (χ0) is 19.5. The van der Waals surface area contributed by atoms with E-state index in [4.69, 9.17) is 0 Å². The molecule has 2 N–H and O–H groups in total. The molecule has 0 aliphatic rings. The van der Waals surface area contributed by atoms with Crippen molar-refractivity contribution in [3.63, 3.8) is 0 Å². The number of aromatic nitrogens is 7. The number of tetrazole rings is 1. The van der Waals surface area contributed by atoms with Crippen molar-refractivity contribution >= 4 is 5.91 Å². The minimum absolute atomic E-state index is 0.300. The lowest BCUT2D eigenvalue weighted by Crippen LogP contribution is -2.30. The number of nitrogens with one attached hydrogen (secondary N) is 2. The number of aromatic amines is 1. The number of nitrogens with zero attached hydrogens (tertiary/aromatic N) is 6. The summed E-state index contributed by atoms with van der Waals surface area (Å²) in [7, 11) is 0. The van der Waals surface area contributed by atoms with E-state index in [1.165, 1.54) is 22.8 Å². The lowest BCUT2D eigenvalue weighted by Gasteiger charge is -2.20. The van der Waals surface area contributed by atoms with Crippen LogP contribution in [0, 0.1) is 13.8 Å². The maximum atomic E-state index is 13.1. The summed E-state index contributed by atoms with van der Waals surface area (Å²) in [6.45, 7) is 4.10. The van der Waals surface area contributed by atoms with Gasteiger partial charge in [-0.05, 0) is 52.6 Å². The molecular weight excluding hydrogens is 356 g/mol. The van der Waals surface area contributed by atoms with Crippen molar-refractivity contribution in [2.75, 3.05) is 0 Å². The average Bonchev–Trinajstić information content (AvgIpc) is 3.40. The van der Waals surface area contributed by atoms with Crippen LogP contribution in [0.5, 0.6) is 0 Å². The lowest BCUT2D eigenvalue weighted by molar-refractivity contribution is 0.0943. The maximum Gasteiger partial charge on any atom is 0.257 e. The second-order valence-electron chi connectivity index (χ2n) is 6.42.